The Balaban J connectivity index is 1.05. The van der Waals surface area contributed by atoms with Gasteiger partial charge in [-0.3, -0.25) is 4.79 Å². The van der Waals surface area contributed by atoms with E-state index in [9.17, 15) is 4.79 Å². The van der Waals surface area contributed by atoms with Gasteiger partial charge in [0.15, 0.2) is 6.29 Å². The zero-order valence-electron chi connectivity index (χ0n) is 47.6. The van der Waals surface area contributed by atoms with Crippen molar-refractivity contribution in [2.45, 2.75) is 160 Å². The maximum absolute atomic E-state index is 14.4. The number of hydrogen-bond acceptors (Lipinski definition) is 11. The normalized spacial score (nSPS) is 19.6. The first-order chi connectivity index (χ1) is 40.1. The highest BCUT2D eigenvalue weighted by molar-refractivity contribution is 5.76. The van der Waals surface area contributed by atoms with Gasteiger partial charge in [-0.1, -0.05) is 202 Å². The van der Waals surface area contributed by atoms with Crippen molar-refractivity contribution < 1.29 is 52.2 Å². The lowest BCUT2D eigenvalue weighted by molar-refractivity contribution is -0.330. The fourth-order valence-electron chi connectivity index (χ4n) is 10.5. The van der Waals surface area contributed by atoms with E-state index in [0.29, 0.717) is 39.3 Å². The molecule has 2 saturated heterocycles. The van der Waals surface area contributed by atoms with Crippen LogP contribution < -0.4 is 5.32 Å². The summed E-state index contributed by atoms with van der Waals surface area (Å²) >= 11 is 0. The summed E-state index contributed by atoms with van der Waals surface area (Å²) in [6.07, 6.45) is 4.21. The Morgan fingerprint density at radius 1 is 0.506 bits per heavy atom. The highest BCUT2D eigenvalue weighted by atomic mass is 16.7. The minimum atomic E-state index is -1.01. The summed E-state index contributed by atoms with van der Waals surface area (Å²) in [4.78, 5) is 14.4. The van der Waals surface area contributed by atoms with Crippen LogP contribution in [0.3, 0.4) is 0 Å². The lowest BCUT2D eigenvalue weighted by Crippen LogP contribution is -2.62. The predicted molar refractivity (Wildman–Crippen MR) is 315 cm³/mol. The maximum atomic E-state index is 14.4. The lowest BCUT2D eigenvalue weighted by Gasteiger charge is -2.46. The first-order valence-corrected chi connectivity index (χ1v) is 29.7. The second-order valence-electron chi connectivity index (χ2n) is 21.3. The highest BCUT2D eigenvalue weighted by Gasteiger charge is 2.50. The summed E-state index contributed by atoms with van der Waals surface area (Å²) in [5, 5.41) is 3.42. The molecule has 0 bridgehead atoms. The summed E-state index contributed by atoms with van der Waals surface area (Å²) in [6.45, 7) is 7.40. The molecule has 0 radical (unpaired) electrons. The molecule has 12 nitrogen and oxygen atoms in total. The van der Waals surface area contributed by atoms with Crippen molar-refractivity contribution in [1.29, 1.82) is 0 Å². The summed E-state index contributed by atoms with van der Waals surface area (Å²) in [5.41, 5.74) is 6.04. The van der Waals surface area contributed by atoms with Crippen molar-refractivity contribution in [3.8, 4) is 0 Å². The van der Waals surface area contributed by atoms with Gasteiger partial charge in [0.2, 0.25) is 5.91 Å². The summed E-state index contributed by atoms with van der Waals surface area (Å²) in [7, 11) is 0. The number of carbonyl (C=O) groups is 1. The Hall–Kier alpha value is -5.61. The standard InChI is InChI=1S/C69H87NO11/c1-2-62(75-47-56-28-13-6-14-29-56)65(76-48-57-30-15-7-16-31-57)61(70-64(71)39-23-3-4-24-42-72-43-25-38-54-40-44-73-45-41-54)52-80-69-68(79-51-60-36-21-10-22-37-60)67(78-50-59-34-19-9-20-35-59)66(77-49-58-32-17-8-18-33-58)63(81-69)53-74-46-55-26-11-5-12-27-55/h5-22,26-37,54,61-63,65-69H,2-4,23-25,38-53H2,1H3,(H,70,71)/t61-,62+,63?,65-,66?,67?,68?,69?/m0/s1. The number of unbranched alkanes of at least 4 members (excludes halogenated alkanes) is 3. The molecule has 2 heterocycles. The van der Waals surface area contributed by atoms with Crippen LogP contribution in [0, 0.1) is 5.92 Å². The first kappa shape index (κ1) is 61.5. The Kier molecular flexibility index (Phi) is 27.4. The Morgan fingerprint density at radius 2 is 0.975 bits per heavy atom. The van der Waals surface area contributed by atoms with Gasteiger partial charge in [0.25, 0.3) is 0 Å². The van der Waals surface area contributed by atoms with Crippen molar-refractivity contribution in [1.82, 2.24) is 5.32 Å². The fourth-order valence-corrected chi connectivity index (χ4v) is 10.5. The van der Waals surface area contributed by atoms with Crippen LogP contribution in [0.15, 0.2) is 182 Å². The van der Waals surface area contributed by atoms with E-state index in [-0.39, 0.29) is 32.3 Å². The topological polar surface area (TPSA) is 121 Å². The molecule has 6 aromatic rings. The molecule has 12 heteroatoms. The van der Waals surface area contributed by atoms with Crippen molar-refractivity contribution in [3.05, 3.63) is 215 Å². The molecule has 434 valence electrons. The van der Waals surface area contributed by atoms with Crippen LogP contribution in [-0.4, -0.2) is 94.5 Å². The number of ether oxygens (including phenoxy) is 10. The summed E-state index contributed by atoms with van der Waals surface area (Å²) in [6, 6.07) is 59.9. The number of rotatable bonds is 37. The number of nitrogens with one attached hydrogen (secondary N) is 1. The number of carbonyl (C=O) groups excluding carboxylic acids is 1. The Bertz CT molecular complexity index is 2540. The molecule has 1 amide bonds. The summed E-state index contributed by atoms with van der Waals surface area (Å²) < 4.78 is 67.1. The molecular formula is C69H87NO11. The molecule has 6 aromatic carbocycles. The van der Waals surface area contributed by atoms with Crippen LogP contribution in [0.25, 0.3) is 0 Å². The van der Waals surface area contributed by atoms with Crippen molar-refractivity contribution in [2.24, 2.45) is 5.92 Å². The number of benzene rings is 6. The second-order valence-corrected chi connectivity index (χ2v) is 21.3. The molecule has 0 aromatic heterocycles. The van der Waals surface area contributed by atoms with E-state index in [2.05, 4.69) is 24.4 Å². The van der Waals surface area contributed by atoms with Gasteiger partial charge < -0.3 is 52.7 Å². The van der Waals surface area contributed by atoms with E-state index < -0.39 is 49.0 Å². The minimum absolute atomic E-state index is 0.00332. The monoisotopic (exact) mass is 1110 g/mol. The Labute approximate surface area is 482 Å². The van der Waals surface area contributed by atoms with Crippen LogP contribution in [-0.2, 0) is 91.8 Å². The molecule has 2 aliphatic rings. The van der Waals surface area contributed by atoms with E-state index in [4.69, 9.17) is 47.4 Å². The van der Waals surface area contributed by atoms with Crippen molar-refractivity contribution in [3.63, 3.8) is 0 Å². The predicted octanol–water partition coefficient (Wildman–Crippen LogP) is 12.9. The first-order valence-electron chi connectivity index (χ1n) is 29.7. The van der Waals surface area contributed by atoms with Gasteiger partial charge in [-0.2, -0.15) is 0 Å². The van der Waals surface area contributed by atoms with Gasteiger partial charge in [-0.05, 0) is 84.2 Å². The molecule has 2 fully saturated rings. The van der Waals surface area contributed by atoms with E-state index in [0.717, 1.165) is 111 Å². The fraction of sp³-hybridized carbons (Fsp3) is 0.464. The zero-order valence-corrected chi connectivity index (χ0v) is 47.6. The minimum Gasteiger partial charge on any atom is -0.381 e. The molecule has 8 rings (SSSR count). The van der Waals surface area contributed by atoms with Crippen molar-refractivity contribution >= 4 is 5.91 Å². The van der Waals surface area contributed by atoms with Gasteiger partial charge in [0.05, 0.1) is 65.0 Å². The Morgan fingerprint density at radius 3 is 1.52 bits per heavy atom. The third-order valence-electron chi connectivity index (χ3n) is 15.1. The smallest absolute Gasteiger partial charge is 0.220 e. The van der Waals surface area contributed by atoms with E-state index in [1.54, 1.807) is 0 Å². The molecule has 1 N–H and O–H groups in total. The SMILES string of the molecule is CC[C@@H](OCc1ccccc1)[C@@H](OCc1ccccc1)[C@H](COC1OC(COCc2ccccc2)C(OCc2ccccc2)C(OCc2ccccc2)C1OCc1ccccc1)NC(=O)CCCCCCOCCCC1CCOCC1. The zero-order chi connectivity index (χ0) is 55.8. The quantitative estimate of drug-likeness (QED) is 0.0375. The average molecular weight is 1110 g/mol. The molecule has 0 spiro atoms. The van der Waals surface area contributed by atoms with Crippen LogP contribution in [0.2, 0.25) is 0 Å². The lowest BCUT2D eigenvalue weighted by atomic mass is 9.95. The largest absolute Gasteiger partial charge is 0.381 e. The van der Waals surface area contributed by atoms with Crippen LogP contribution >= 0.6 is 0 Å². The van der Waals surface area contributed by atoms with Crippen molar-refractivity contribution in [2.75, 3.05) is 39.6 Å². The van der Waals surface area contributed by atoms with E-state index in [1.165, 1.54) is 6.42 Å². The molecule has 5 unspecified atom stereocenters. The summed E-state index contributed by atoms with van der Waals surface area (Å²) in [5.74, 6) is 0.668. The average Bonchev–Trinajstić information content (AvgIpc) is 3.64. The molecule has 0 aliphatic carbocycles. The number of hydrogen-bond donors (Lipinski definition) is 1. The van der Waals surface area contributed by atoms with E-state index in [1.807, 2.05) is 170 Å². The second kappa shape index (κ2) is 36.1. The van der Waals surface area contributed by atoms with Crippen LogP contribution in [0.4, 0.5) is 0 Å². The van der Waals surface area contributed by atoms with Gasteiger partial charge in [0, 0.05) is 32.8 Å². The van der Waals surface area contributed by atoms with Gasteiger partial charge in [-0.15, -0.1) is 0 Å². The van der Waals surface area contributed by atoms with Crippen LogP contribution in [0.5, 0.6) is 0 Å². The molecule has 2 aliphatic heterocycles. The molecule has 81 heavy (non-hydrogen) atoms. The third kappa shape index (κ3) is 21.9. The van der Waals surface area contributed by atoms with E-state index >= 15 is 0 Å². The maximum Gasteiger partial charge on any atom is 0.220 e. The van der Waals surface area contributed by atoms with Gasteiger partial charge in [0.1, 0.15) is 30.5 Å². The van der Waals surface area contributed by atoms with Crippen LogP contribution in [0.1, 0.15) is 105 Å². The molecule has 8 atom stereocenters. The third-order valence-corrected chi connectivity index (χ3v) is 15.1. The van der Waals surface area contributed by atoms with Gasteiger partial charge >= 0.3 is 0 Å². The molecule has 0 saturated carbocycles. The molecular weight excluding hydrogens is 1020 g/mol. The highest BCUT2D eigenvalue weighted by Crippen LogP contribution is 2.33. The van der Waals surface area contributed by atoms with Gasteiger partial charge in [-0.25, -0.2) is 0 Å². The number of amides is 1.